The lowest BCUT2D eigenvalue weighted by Gasteiger charge is -2.09. The third kappa shape index (κ3) is 4.12. The van der Waals surface area contributed by atoms with Crippen molar-refractivity contribution in [3.05, 3.63) is 70.1 Å². The van der Waals surface area contributed by atoms with Gasteiger partial charge in [0.1, 0.15) is 23.9 Å². The van der Waals surface area contributed by atoms with E-state index in [0.717, 1.165) is 18.4 Å². The molecule has 3 rings (SSSR count). The molecular formula is C20H18N2O6. The maximum Gasteiger partial charge on any atom is 0.360 e. The van der Waals surface area contributed by atoms with Crippen molar-refractivity contribution in [1.29, 1.82) is 0 Å². The van der Waals surface area contributed by atoms with Gasteiger partial charge in [-0.25, -0.2) is 9.78 Å². The topological polar surface area (TPSA) is 111 Å². The van der Waals surface area contributed by atoms with Gasteiger partial charge in [0, 0.05) is 5.56 Å². The number of nitrogens with one attached hydrogen (secondary N) is 1. The van der Waals surface area contributed by atoms with Gasteiger partial charge in [0.25, 0.3) is 5.56 Å². The van der Waals surface area contributed by atoms with E-state index >= 15 is 0 Å². The van der Waals surface area contributed by atoms with E-state index in [9.17, 15) is 14.7 Å². The molecular weight excluding hydrogens is 364 g/mol. The molecule has 2 aromatic carbocycles. The lowest BCUT2D eigenvalue weighted by atomic mass is 10.2. The third-order valence-corrected chi connectivity index (χ3v) is 3.95. The number of rotatable bonds is 6. The van der Waals surface area contributed by atoms with Crippen molar-refractivity contribution < 1.29 is 24.1 Å². The zero-order chi connectivity index (χ0) is 20.1. The number of ether oxygens (including phenoxy) is 3. The first-order valence-electron chi connectivity index (χ1n) is 8.29. The quantitative estimate of drug-likeness (QED) is 0.630. The van der Waals surface area contributed by atoms with Crippen LogP contribution in [0.5, 0.6) is 17.2 Å². The van der Waals surface area contributed by atoms with Gasteiger partial charge in [0.05, 0.1) is 14.2 Å². The standard InChI is InChI=1S/C20H18N2O6/c1-26-14-8-6-12(7-9-14)11-28-15-5-3-4-13(10-15)18-21-16(20(25)27-2)17(23)19(24)22-18/h3-10,23H,11H2,1-2H3,(H,21,22,24). The number of methoxy groups -OCH3 is 2. The molecule has 0 fully saturated rings. The van der Waals surface area contributed by atoms with Crippen LogP contribution in [0.1, 0.15) is 16.1 Å². The average Bonchev–Trinajstić information content (AvgIpc) is 2.74. The van der Waals surface area contributed by atoms with Crippen molar-refractivity contribution in [2.45, 2.75) is 6.61 Å². The maximum absolute atomic E-state index is 11.9. The molecule has 0 radical (unpaired) electrons. The molecule has 8 nitrogen and oxygen atoms in total. The largest absolute Gasteiger partial charge is 0.501 e. The molecule has 0 unspecified atom stereocenters. The Hall–Kier alpha value is -3.81. The summed E-state index contributed by atoms with van der Waals surface area (Å²) in [6.45, 7) is 0.334. The highest BCUT2D eigenvalue weighted by Crippen LogP contribution is 2.23. The first-order chi connectivity index (χ1) is 13.5. The third-order valence-electron chi connectivity index (χ3n) is 3.95. The second kappa shape index (κ2) is 8.26. The Kier molecular flexibility index (Phi) is 5.59. The van der Waals surface area contributed by atoms with Crippen LogP contribution in [0.2, 0.25) is 0 Å². The highest BCUT2D eigenvalue weighted by Gasteiger charge is 2.19. The number of aromatic nitrogens is 2. The van der Waals surface area contributed by atoms with Crippen LogP contribution >= 0.6 is 0 Å². The highest BCUT2D eigenvalue weighted by molar-refractivity contribution is 5.90. The van der Waals surface area contributed by atoms with Crippen molar-refractivity contribution in [3.63, 3.8) is 0 Å². The first kappa shape index (κ1) is 19.0. The van der Waals surface area contributed by atoms with E-state index in [1.54, 1.807) is 31.4 Å². The van der Waals surface area contributed by atoms with Crippen LogP contribution < -0.4 is 15.0 Å². The number of carbonyl (C=O) groups is 1. The Morgan fingerprint density at radius 2 is 1.86 bits per heavy atom. The van der Waals surface area contributed by atoms with E-state index in [4.69, 9.17) is 9.47 Å². The van der Waals surface area contributed by atoms with Crippen LogP contribution in [0.3, 0.4) is 0 Å². The summed E-state index contributed by atoms with van der Waals surface area (Å²) in [5, 5.41) is 9.73. The molecule has 8 heteroatoms. The average molecular weight is 382 g/mol. The minimum atomic E-state index is -0.906. The van der Waals surface area contributed by atoms with Crippen molar-refractivity contribution in [2.24, 2.45) is 0 Å². The summed E-state index contributed by atoms with van der Waals surface area (Å²) in [5.74, 6) is -0.282. The van der Waals surface area contributed by atoms with Gasteiger partial charge in [0.15, 0.2) is 5.69 Å². The first-order valence-corrected chi connectivity index (χ1v) is 8.29. The molecule has 0 saturated carbocycles. The summed E-state index contributed by atoms with van der Waals surface area (Å²) in [6, 6.07) is 14.3. The molecule has 1 heterocycles. The zero-order valence-corrected chi connectivity index (χ0v) is 15.3. The van der Waals surface area contributed by atoms with Crippen molar-refractivity contribution in [1.82, 2.24) is 9.97 Å². The molecule has 28 heavy (non-hydrogen) atoms. The fourth-order valence-corrected chi connectivity index (χ4v) is 2.46. The summed E-state index contributed by atoms with van der Waals surface area (Å²) < 4.78 is 15.4. The van der Waals surface area contributed by atoms with Gasteiger partial charge in [-0.15, -0.1) is 0 Å². The molecule has 0 aliphatic carbocycles. The second-order valence-electron chi connectivity index (χ2n) is 5.77. The van der Waals surface area contributed by atoms with E-state index in [-0.39, 0.29) is 5.82 Å². The van der Waals surface area contributed by atoms with Crippen LogP contribution in [0.15, 0.2) is 53.3 Å². The molecule has 0 atom stereocenters. The van der Waals surface area contributed by atoms with Crippen LogP contribution in [0.4, 0.5) is 0 Å². The number of carbonyl (C=O) groups excluding carboxylic acids is 1. The Labute approximate surface area is 160 Å². The summed E-state index contributed by atoms with van der Waals surface area (Å²) >= 11 is 0. The SMILES string of the molecule is COC(=O)c1nc(-c2cccc(OCc3ccc(OC)cc3)c2)[nH]c(=O)c1O. The van der Waals surface area contributed by atoms with Gasteiger partial charge in [-0.3, -0.25) is 4.79 Å². The molecule has 144 valence electrons. The normalized spacial score (nSPS) is 10.4. The predicted molar refractivity (Wildman–Crippen MR) is 101 cm³/mol. The molecule has 1 aromatic heterocycles. The zero-order valence-electron chi connectivity index (χ0n) is 15.3. The number of esters is 1. The fraction of sp³-hybridized carbons (Fsp3) is 0.150. The predicted octanol–water partition coefficient (Wildman–Crippen LogP) is 2.52. The molecule has 0 aliphatic heterocycles. The Morgan fingerprint density at radius 3 is 2.54 bits per heavy atom. The van der Waals surface area contributed by atoms with E-state index < -0.39 is 23.0 Å². The summed E-state index contributed by atoms with van der Waals surface area (Å²) in [7, 11) is 2.74. The molecule has 3 aromatic rings. The summed E-state index contributed by atoms with van der Waals surface area (Å²) in [4.78, 5) is 30.1. The van der Waals surface area contributed by atoms with Gasteiger partial charge in [-0.2, -0.15) is 0 Å². The summed E-state index contributed by atoms with van der Waals surface area (Å²) in [5.41, 5.74) is 0.172. The Morgan fingerprint density at radius 1 is 1.11 bits per heavy atom. The van der Waals surface area contributed by atoms with Gasteiger partial charge in [-0.05, 0) is 29.8 Å². The highest BCUT2D eigenvalue weighted by atomic mass is 16.5. The number of aromatic hydroxyl groups is 1. The molecule has 2 N–H and O–H groups in total. The van der Waals surface area contributed by atoms with E-state index in [2.05, 4.69) is 14.7 Å². The van der Waals surface area contributed by atoms with Gasteiger partial charge >= 0.3 is 5.97 Å². The molecule has 0 aliphatic rings. The minimum absolute atomic E-state index is 0.109. The lowest BCUT2D eigenvalue weighted by Crippen LogP contribution is -2.16. The van der Waals surface area contributed by atoms with Crippen molar-refractivity contribution in [2.75, 3.05) is 14.2 Å². The van der Waals surface area contributed by atoms with E-state index in [0.29, 0.717) is 17.9 Å². The van der Waals surface area contributed by atoms with Crippen LogP contribution in [-0.2, 0) is 11.3 Å². The maximum atomic E-state index is 11.9. The van der Waals surface area contributed by atoms with Crippen molar-refractivity contribution in [3.8, 4) is 28.6 Å². The lowest BCUT2D eigenvalue weighted by molar-refractivity contribution is 0.0590. The van der Waals surface area contributed by atoms with Gasteiger partial charge < -0.3 is 24.3 Å². The van der Waals surface area contributed by atoms with Crippen LogP contribution in [0.25, 0.3) is 11.4 Å². The second-order valence-corrected chi connectivity index (χ2v) is 5.77. The number of aromatic amines is 1. The van der Waals surface area contributed by atoms with E-state index in [1.807, 2.05) is 24.3 Å². The monoisotopic (exact) mass is 382 g/mol. The van der Waals surface area contributed by atoms with Gasteiger partial charge in [-0.1, -0.05) is 24.3 Å². The molecule has 0 saturated heterocycles. The van der Waals surface area contributed by atoms with Crippen LogP contribution in [-0.4, -0.2) is 35.3 Å². The van der Waals surface area contributed by atoms with Crippen LogP contribution in [0, 0.1) is 0 Å². The minimum Gasteiger partial charge on any atom is -0.501 e. The summed E-state index contributed by atoms with van der Waals surface area (Å²) in [6.07, 6.45) is 0. The molecule has 0 bridgehead atoms. The number of nitrogens with zero attached hydrogens (tertiary/aromatic N) is 1. The number of H-pyrrole nitrogens is 1. The van der Waals surface area contributed by atoms with E-state index in [1.165, 1.54) is 0 Å². The van der Waals surface area contributed by atoms with Crippen molar-refractivity contribution >= 4 is 5.97 Å². The number of hydrogen-bond donors (Lipinski definition) is 2. The van der Waals surface area contributed by atoms with Gasteiger partial charge in [0.2, 0.25) is 5.75 Å². The number of hydrogen-bond acceptors (Lipinski definition) is 7. The number of benzene rings is 2. The molecule has 0 spiro atoms. The molecule has 0 amide bonds. The Bertz CT molecular complexity index is 1040. The Balaban J connectivity index is 1.83. The fourth-order valence-electron chi connectivity index (χ4n) is 2.46. The smallest absolute Gasteiger partial charge is 0.360 e.